The zero-order valence-corrected chi connectivity index (χ0v) is 15.3. The molecular weight excluding hydrogens is 288 g/mol. The van der Waals surface area contributed by atoms with Crippen molar-refractivity contribution < 1.29 is 9.53 Å². The summed E-state index contributed by atoms with van der Waals surface area (Å²) >= 11 is 0. The predicted octanol–water partition coefficient (Wildman–Crippen LogP) is 4.04. The maximum absolute atomic E-state index is 12.1. The number of hydrogen-bond donors (Lipinski definition) is 0. The van der Waals surface area contributed by atoms with Gasteiger partial charge in [0.05, 0.1) is 0 Å². The lowest BCUT2D eigenvalue weighted by Crippen LogP contribution is -2.50. The van der Waals surface area contributed by atoms with E-state index in [0.29, 0.717) is 13.1 Å². The molecule has 23 heavy (non-hydrogen) atoms. The minimum absolute atomic E-state index is 0.147. The third-order valence-corrected chi connectivity index (χ3v) is 4.01. The van der Waals surface area contributed by atoms with Gasteiger partial charge in [0.2, 0.25) is 0 Å². The van der Waals surface area contributed by atoms with Gasteiger partial charge in [0, 0.05) is 31.9 Å². The van der Waals surface area contributed by atoms with Crippen LogP contribution in [0, 0.1) is 0 Å². The molecule has 0 unspecified atom stereocenters. The number of nitrogens with zero attached hydrogens (tertiary/aromatic N) is 2. The molecule has 1 saturated heterocycles. The van der Waals surface area contributed by atoms with Gasteiger partial charge < -0.3 is 14.5 Å². The van der Waals surface area contributed by atoms with E-state index < -0.39 is 5.60 Å². The third kappa shape index (κ3) is 4.88. The molecule has 0 N–H and O–H groups in total. The van der Waals surface area contributed by atoms with E-state index in [4.69, 9.17) is 4.74 Å². The van der Waals surface area contributed by atoms with Gasteiger partial charge in [0.1, 0.15) is 5.60 Å². The van der Waals surface area contributed by atoms with Crippen molar-refractivity contribution in [3.05, 3.63) is 29.8 Å². The normalized spacial score (nSPS) is 16.4. The quantitative estimate of drug-likeness (QED) is 0.783. The largest absolute Gasteiger partial charge is 0.444 e. The first-order valence-electron chi connectivity index (χ1n) is 8.40. The SMILES string of the molecule is CC(C)(C)OC(=O)N1CCN(c2cccc(C(C)(C)C)c2)CC1. The number of carbonyl (C=O) groups excluding carboxylic acids is 1. The summed E-state index contributed by atoms with van der Waals surface area (Å²) in [6, 6.07) is 8.72. The molecule has 1 aliphatic heterocycles. The zero-order chi connectivity index (χ0) is 17.3. The lowest BCUT2D eigenvalue weighted by atomic mass is 9.87. The number of amides is 1. The number of ether oxygens (including phenoxy) is 1. The summed E-state index contributed by atoms with van der Waals surface area (Å²) in [5.74, 6) is 0. The average Bonchev–Trinajstić information content (AvgIpc) is 2.45. The van der Waals surface area contributed by atoms with Crippen LogP contribution >= 0.6 is 0 Å². The number of anilines is 1. The van der Waals surface area contributed by atoms with Crippen LogP contribution in [0.25, 0.3) is 0 Å². The Balaban J connectivity index is 1.98. The lowest BCUT2D eigenvalue weighted by molar-refractivity contribution is 0.0240. The summed E-state index contributed by atoms with van der Waals surface area (Å²) in [5, 5.41) is 0. The van der Waals surface area contributed by atoms with E-state index in [1.54, 1.807) is 4.90 Å². The molecule has 0 bridgehead atoms. The van der Waals surface area contributed by atoms with Gasteiger partial charge in [-0.05, 0) is 43.9 Å². The number of carbonyl (C=O) groups is 1. The van der Waals surface area contributed by atoms with Crippen LogP contribution in [0.4, 0.5) is 10.5 Å². The van der Waals surface area contributed by atoms with Crippen LogP contribution in [0.3, 0.4) is 0 Å². The highest BCUT2D eigenvalue weighted by atomic mass is 16.6. The molecule has 0 aromatic heterocycles. The van der Waals surface area contributed by atoms with Crippen LogP contribution in [-0.4, -0.2) is 42.8 Å². The van der Waals surface area contributed by atoms with Crippen LogP contribution in [-0.2, 0) is 10.2 Å². The minimum Gasteiger partial charge on any atom is -0.444 e. The highest BCUT2D eigenvalue weighted by Crippen LogP contribution is 2.27. The Morgan fingerprint density at radius 2 is 1.61 bits per heavy atom. The molecule has 0 radical (unpaired) electrons. The first-order valence-corrected chi connectivity index (χ1v) is 8.40. The molecule has 0 spiro atoms. The smallest absolute Gasteiger partial charge is 0.410 e. The van der Waals surface area contributed by atoms with E-state index in [0.717, 1.165) is 13.1 Å². The molecule has 0 saturated carbocycles. The second-order valence-corrected chi connectivity index (χ2v) is 8.25. The van der Waals surface area contributed by atoms with Gasteiger partial charge in [-0.15, -0.1) is 0 Å². The standard InChI is InChI=1S/C19H30N2O2/c1-18(2,3)15-8-7-9-16(14-15)20-10-12-21(13-11-20)17(22)23-19(4,5)6/h7-9,14H,10-13H2,1-6H3. The summed E-state index contributed by atoms with van der Waals surface area (Å²) in [6.07, 6.45) is -0.208. The molecular formula is C19H30N2O2. The second-order valence-electron chi connectivity index (χ2n) is 8.25. The molecule has 1 aliphatic rings. The molecule has 1 aromatic rings. The first kappa shape index (κ1) is 17.6. The summed E-state index contributed by atoms with van der Waals surface area (Å²) in [4.78, 5) is 16.3. The Morgan fingerprint density at radius 3 is 2.13 bits per heavy atom. The second kappa shape index (κ2) is 6.42. The molecule has 2 rings (SSSR count). The van der Waals surface area contributed by atoms with Crippen LogP contribution in [0.2, 0.25) is 0 Å². The van der Waals surface area contributed by atoms with E-state index in [1.165, 1.54) is 11.3 Å². The van der Waals surface area contributed by atoms with Gasteiger partial charge in [-0.3, -0.25) is 0 Å². The van der Waals surface area contributed by atoms with E-state index in [2.05, 4.69) is 49.9 Å². The molecule has 0 atom stereocenters. The highest BCUT2D eigenvalue weighted by Gasteiger charge is 2.26. The number of hydrogen-bond acceptors (Lipinski definition) is 3. The van der Waals surface area contributed by atoms with Gasteiger partial charge in [0.15, 0.2) is 0 Å². The maximum atomic E-state index is 12.1. The average molecular weight is 318 g/mol. The summed E-state index contributed by atoms with van der Waals surface area (Å²) in [7, 11) is 0. The van der Waals surface area contributed by atoms with Gasteiger partial charge in [-0.1, -0.05) is 32.9 Å². The molecule has 0 aliphatic carbocycles. The van der Waals surface area contributed by atoms with Gasteiger partial charge >= 0.3 is 6.09 Å². The fraction of sp³-hybridized carbons (Fsp3) is 0.632. The van der Waals surface area contributed by atoms with E-state index in [9.17, 15) is 4.79 Å². The van der Waals surface area contributed by atoms with Crippen molar-refractivity contribution in [1.82, 2.24) is 4.90 Å². The third-order valence-electron chi connectivity index (χ3n) is 4.01. The molecule has 128 valence electrons. The highest BCUT2D eigenvalue weighted by molar-refractivity contribution is 5.68. The first-order chi connectivity index (χ1) is 10.6. The topological polar surface area (TPSA) is 32.8 Å². The maximum Gasteiger partial charge on any atom is 0.410 e. The van der Waals surface area contributed by atoms with E-state index in [-0.39, 0.29) is 11.5 Å². The Morgan fingerprint density at radius 1 is 1.00 bits per heavy atom. The van der Waals surface area contributed by atoms with Crippen LogP contribution in [0.1, 0.15) is 47.1 Å². The molecule has 4 heteroatoms. The Kier molecular flexibility index (Phi) is 4.92. The minimum atomic E-state index is -0.435. The van der Waals surface area contributed by atoms with Crippen molar-refractivity contribution in [2.75, 3.05) is 31.1 Å². The van der Waals surface area contributed by atoms with Crippen LogP contribution in [0.5, 0.6) is 0 Å². The van der Waals surface area contributed by atoms with Crippen LogP contribution < -0.4 is 4.90 Å². The fourth-order valence-electron chi connectivity index (χ4n) is 2.64. The molecule has 1 heterocycles. The molecule has 4 nitrogen and oxygen atoms in total. The van der Waals surface area contributed by atoms with Crippen LogP contribution in [0.15, 0.2) is 24.3 Å². The van der Waals surface area contributed by atoms with Crippen molar-refractivity contribution in [1.29, 1.82) is 0 Å². The monoisotopic (exact) mass is 318 g/mol. The Hall–Kier alpha value is -1.71. The molecule has 1 amide bonds. The van der Waals surface area contributed by atoms with Crippen molar-refractivity contribution >= 4 is 11.8 Å². The number of benzene rings is 1. The summed E-state index contributed by atoms with van der Waals surface area (Å²) in [6.45, 7) is 15.5. The zero-order valence-electron chi connectivity index (χ0n) is 15.3. The summed E-state index contributed by atoms with van der Waals surface area (Å²) in [5.41, 5.74) is 2.29. The molecule has 1 fully saturated rings. The van der Waals surface area contributed by atoms with Crippen molar-refractivity contribution in [3.8, 4) is 0 Å². The van der Waals surface area contributed by atoms with Crippen molar-refractivity contribution in [2.24, 2.45) is 0 Å². The van der Waals surface area contributed by atoms with E-state index in [1.807, 2.05) is 20.8 Å². The van der Waals surface area contributed by atoms with E-state index >= 15 is 0 Å². The number of rotatable bonds is 1. The van der Waals surface area contributed by atoms with Crippen molar-refractivity contribution in [2.45, 2.75) is 52.6 Å². The fourth-order valence-corrected chi connectivity index (χ4v) is 2.64. The summed E-state index contributed by atoms with van der Waals surface area (Å²) < 4.78 is 5.45. The molecule has 1 aromatic carbocycles. The Labute approximate surface area is 140 Å². The van der Waals surface area contributed by atoms with Gasteiger partial charge in [-0.2, -0.15) is 0 Å². The van der Waals surface area contributed by atoms with Crippen molar-refractivity contribution in [3.63, 3.8) is 0 Å². The van der Waals surface area contributed by atoms with Gasteiger partial charge in [0.25, 0.3) is 0 Å². The van der Waals surface area contributed by atoms with Gasteiger partial charge in [-0.25, -0.2) is 4.79 Å². The predicted molar refractivity (Wildman–Crippen MR) is 95.2 cm³/mol. The number of piperazine rings is 1. The Bertz CT molecular complexity index is 547. The lowest BCUT2D eigenvalue weighted by Gasteiger charge is -2.37.